The van der Waals surface area contributed by atoms with Crippen LogP contribution in [0.5, 0.6) is 0 Å². The Balaban J connectivity index is 1.42. The molecule has 0 aliphatic carbocycles. The molecule has 3 unspecified atom stereocenters. The molecule has 4 aromatic rings. The van der Waals surface area contributed by atoms with Crippen LogP contribution < -0.4 is 11.1 Å². The van der Waals surface area contributed by atoms with Crippen molar-refractivity contribution in [1.82, 2.24) is 9.21 Å². The number of piperazine rings is 1. The maximum absolute atomic E-state index is 15.4. The normalized spacial score (nSPS) is 17.7. The highest BCUT2D eigenvalue weighted by atomic mass is 32.2. The first kappa shape index (κ1) is 34.6. The molecule has 1 saturated heterocycles. The first-order valence-electron chi connectivity index (χ1n) is 15.3. The number of halogens is 3. The van der Waals surface area contributed by atoms with Crippen molar-refractivity contribution >= 4 is 27.7 Å². The van der Waals surface area contributed by atoms with Crippen LogP contribution in [0.25, 0.3) is 0 Å². The molecule has 0 aromatic heterocycles. The second kappa shape index (κ2) is 14.6. The first-order chi connectivity index (χ1) is 22.9. The van der Waals surface area contributed by atoms with Crippen LogP contribution in [0, 0.1) is 17.5 Å². The second-order valence-electron chi connectivity index (χ2n) is 11.7. The smallest absolute Gasteiger partial charge is 0.407 e. The van der Waals surface area contributed by atoms with Crippen LogP contribution in [0.2, 0.25) is 0 Å². The van der Waals surface area contributed by atoms with Gasteiger partial charge in [-0.15, -0.1) is 0 Å². The van der Waals surface area contributed by atoms with E-state index in [-0.39, 0.29) is 42.1 Å². The van der Waals surface area contributed by atoms with Gasteiger partial charge in [-0.05, 0) is 79.4 Å². The lowest BCUT2D eigenvalue weighted by Crippen LogP contribution is -2.60. The van der Waals surface area contributed by atoms with Gasteiger partial charge in [-0.25, -0.2) is 26.4 Å². The van der Waals surface area contributed by atoms with E-state index in [0.29, 0.717) is 11.1 Å². The van der Waals surface area contributed by atoms with Crippen LogP contribution in [0.1, 0.15) is 36.0 Å². The molecule has 0 saturated carbocycles. The highest BCUT2D eigenvalue weighted by Crippen LogP contribution is 2.32. The summed E-state index contributed by atoms with van der Waals surface area (Å²) in [5.41, 5.74) is 7.24. The number of benzene rings is 4. The Kier molecular flexibility index (Phi) is 10.5. The van der Waals surface area contributed by atoms with Gasteiger partial charge in [0.15, 0.2) is 0 Å². The molecule has 4 aromatic carbocycles. The molecular formula is C35H35F3N4O5S. The number of carbonyl (C=O) groups is 2. The summed E-state index contributed by atoms with van der Waals surface area (Å²) in [4.78, 5) is 26.7. The molecule has 1 aliphatic heterocycles. The van der Waals surface area contributed by atoms with Crippen LogP contribution in [0.3, 0.4) is 0 Å². The fraction of sp³-hybridized carbons (Fsp3) is 0.257. The van der Waals surface area contributed by atoms with E-state index in [1.807, 2.05) is 0 Å². The molecule has 252 valence electrons. The van der Waals surface area contributed by atoms with E-state index in [1.54, 1.807) is 37.3 Å². The third-order valence-electron chi connectivity index (χ3n) is 8.48. The van der Waals surface area contributed by atoms with Crippen molar-refractivity contribution in [1.29, 1.82) is 0 Å². The summed E-state index contributed by atoms with van der Waals surface area (Å²) in [7, 11) is -4.05. The number of carbonyl (C=O) groups excluding carboxylic acids is 1. The maximum atomic E-state index is 15.4. The Morgan fingerprint density at radius 3 is 2.08 bits per heavy atom. The van der Waals surface area contributed by atoms with Gasteiger partial charge in [0, 0.05) is 42.3 Å². The summed E-state index contributed by atoms with van der Waals surface area (Å²) in [5, 5.41) is 12.4. The van der Waals surface area contributed by atoms with Gasteiger partial charge in [-0.2, -0.15) is 4.31 Å². The minimum atomic E-state index is -4.05. The van der Waals surface area contributed by atoms with Crippen molar-refractivity contribution in [3.05, 3.63) is 131 Å². The van der Waals surface area contributed by atoms with Crippen molar-refractivity contribution in [3.8, 4) is 0 Å². The minimum Gasteiger partial charge on any atom is -0.465 e. The number of carboxylic acid groups (broad SMARTS) is 1. The molecule has 4 N–H and O–H groups in total. The third kappa shape index (κ3) is 7.53. The number of nitrogens with zero attached hydrogens (tertiary/aromatic N) is 2. The number of hydrogen-bond donors (Lipinski definition) is 3. The molecule has 0 radical (unpaired) electrons. The van der Waals surface area contributed by atoms with Crippen molar-refractivity contribution in [2.24, 2.45) is 5.73 Å². The van der Waals surface area contributed by atoms with Crippen molar-refractivity contribution in [3.63, 3.8) is 0 Å². The van der Waals surface area contributed by atoms with E-state index in [9.17, 15) is 31.9 Å². The van der Waals surface area contributed by atoms with Crippen molar-refractivity contribution in [2.75, 3.05) is 18.4 Å². The molecule has 48 heavy (non-hydrogen) atoms. The maximum Gasteiger partial charge on any atom is 0.407 e. The molecule has 2 amide bonds. The Hall–Kier alpha value is -4.72. The lowest BCUT2D eigenvalue weighted by molar-refractivity contribution is -0.117. The first-order valence-corrected chi connectivity index (χ1v) is 16.7. The van der Waals surface area contributed by atoms with Gasteiger partial charge in [-0.1, -0.05) is 48.5 Å². The number of rotatable bonds is 10. The Bertz CT molecular complexity index is 1850. The van der Waals surface area contributed by atoms with E-state index in [4.69, 9.17) is 5.73 Å². The molecule has 9 nitrogen and oxygen atoms in total. The summed E-state index contributed by atoms with van der Waals surface area (Å²) in [6, 6.07) is 19.8. The van der Waals surface area contributed by atoms with Gasteiger partial charge in [0.2, 0.25) is 15.9 Å². The molecule has 1 heterocycles. The van der Waals surface area contributed by atoms with E-state index in [1.165, 1.54) is 71.0 Å². The largest absolute Gasteiger partial charge is 0.465 e. The predicted molar refractivity (Wildman–Crippen MR) is 174 cm³/mol. The lowest BCUT2D eigenvalue weighted by Gasteiger charge is -2.43. The Morgan fingerprint density at radius 2 is 1.50 bits per heavy atom. The molecule has 1 fully saturated rings. The minimum absolute atomic E-state index is 0.0191. The van der Waals surface area contributed by atoms with Gasteiger partial charge in [0.1, 0.15) is 17.5 Å². The summed E-state index contributed by atoms with van der Waals surface area (Å²) in [6.45, 7) is 1.43. The highest BCUT2D eigenvalue weighted by Gasteiger charge is 2.42. The molecule has 13 heteroatoms. The van der Waals surface area contributed by atoms with E-state index >= 15 is 4.39 Å². The van der Waals surface area contributed by atoms with Crippen LogP contribution in [0.4, 0.5) is 23.7 Å². The van der Waals surface area contributed by atoms with Gasteiger partial charge in [-0.3, -0.25) is 4.79 Å². The van der Waals surface area contributed by atoms with Crippen molar-refractivity contribution in [2.45, 2.75) is 48.7 Å². The molecule has 3 atom stereocenters. The van der Waals surface area contributed by atoms with E-state index in [0.717, 1.165) is 4.90 Å². The Labute approximate surface area is 276 Å². The number of hydrogen-bond acceptors (Lipinski definition) is 5. The quantitative estimate of drug-likeness (QED) is 0.201. The van der Waals surface area contributed by atoms with Crippen LogP contribution >= 0.6 is 0 Å². The highest BCUT2D eigenvalue weighted by molar-refractivity contribution is 7.89. The fourth-order valence-corrected chi connectivity index (χ4v) is 8.16. The van der Waals surface area contributed by atoms with Crippen LogP contribution in [-0.2, 0) is 21.2 Å². The monoisotopic (exact) mass is 680 g/mol. The van der Waals surface area contributed by atoms with E-state index < -0.39 is 63.5 Å². The number of amides is 2. The predicted octanol–water partition coefficient (Wildman–Crippen LogP) is 5.58. The summed E-state index contributed by atoms with van der Waals surface area (Å²) in [5.74, 6) is -3.54. The fourth-order valence-electron chi connectivity index (χ4n) is 6.31. The zero-order chi connectivity index (χ0) is 34.6. The second-order valence-corrected chi connectivity index (χ2v) is 13.6. The average molecular weight is 681 g/mol. The summed E-state index contributed by atoms with van der Waals surface area (Å²) < 4.78 is 72.7. The van der Waals surface area contributed by atoms with Gasteiger partial charge >= 0.3 is 6.09 Å². The van der Waals surface area contributed by atoms with Gasteiger partial charge in [0.05, 0.1) is 10.9 Å². The molecule has 5 rings (SSSR count). The molecule has 0 spiro atoms. The Morgan fingerprint density at radius 1 is 0.896 bits per heavy atom. The number of sulfonamides is 1. The number of nitrogens with one attached hydrogen (secondary N) is 1. The third-order valence-corrected chi connectivity index (χ3v) is 10.6. The zero-order valence-corrected chi connectivity index (χ0v) is 26.8. The average Bonchev–Trinajstić information content (AvgIpc) is 3.04. The zero-order valence-electron chi connectivity index (χ0n) is 26.0. The topological polar surface area (TPSA) is 133 Å². The lowest BCUT2D eigenvalue weighted by atomic mass is 9.84. The van der Waals surface area contributed by atoms with Gasteiger partial charge in [0.25, 0.3) is 0 Å². The standard InChI is InChI=1S/C35H35F3N4O5S/c1-22-20-41(35(44)45)21-27(42(22)48(46,47)28-12-3-2-4-13-28)16-17-29-30(38)14-7-15-31(29)40-34(43)33(39)32(23-8-5-10-25(36)18-23)24-9-6-11-26(37)19-24/h2-15,18-19,22,27,32-33H,16-17,20-21,39H2,1H3,(H,40,43)(H,44,45). The number of nitrogens with two attached hydrogens (primary N) is 1. The molecule has 0 bridgehead atoms. The summed E-state index contributed by atoms with van der Waals surface area (Å²) in [6.07, 6.45) is -1.26. The van der Waals surface area contributed by atoms with E-state index in [2.05, 4.69) is 5.32 Å². The van der Waals surface area contributed by atoms with Crippen molar-refractivity contribution < 1.29 is 36.3 Å². The molecule has 1 aliphatic rings. The van der Waals surface area contributed by atoms with Crippen LogP contribution in [-0.4, -0.2) is 65.9 Å². The number of anilines is 1. The molecular weight excluding hydrogens is 645 g/mol. The van der Waals surface area contributed by atoms with Crippen LogP contribution in [0.15, 0.2) is 102 Å². The summed E-state index contributed by atoms with van der Waals surface area (Å²) >= 11 is 0. The SMILES string of the molecule is CC1CN(C(=O)O)CC(CCc2c(F)cccc2NC(=O)C(N)C(c2cccc(F)c2)c2cccc(F)c2)N1S(=O)(=O)c1ccccc1. The van der Waals surface area contributed by atoms with Gasteiger partial charge < -0.3 is 21.1 Å².